The van der Waals surface area contributed by atoms with E-state index in [4.69, 9.17) is 9.84 Å². The van der Waals surface area contributed by atoms with Gasteiger partial charge in [-0.15, -0.1) is 0 Å². The van der Waals surface area contributed by atoms with Crippen molar-refractivity contribution in [3.63, 3.8) is 0 Å². The van der Waals surface area contributed by atoms with E-state index in [0.29, 0.717) is 6.61 Å². The van der Waals surface area contributed by atoms with Gasteiger partial charge in [-0.3, -0.25) is 4.79 Å². The minimum Gasteiger partial charge on any atom is -0.494 e. The largest absolute Gasteiger partial charge is 0.494 e. The Bertz CT molecular complexity index is 398. The van der Waals surface area contributed by atoms with Gasteiger partial charge in [0.1, 0.15) is 5.75 Å². The number of carboxylic acids is 1. The number of rotatable bonds is 4. The molecule has 3 heteroatoms. The second-order valence-electron chi connectivity index (χ2n) is 4.09. The minimum absolute atomic E-state index is 0.160. The highest BCUT2D eigenvalue weighted by atomic mass is 16.5. The molecule has 1 aromatic rings. The zero-order valence-corrected chi connectivity index (χ0v) is 9.40. The van der Waals surface area contributed by atoms with Crippen LogP contribution < -0.4 is 4.74 Å². The van der Waals surface area contributed by atoms with Gasteiger partial charge in [0.2, 0.25) is 0 Å². The molecule has 1 aliphatic rings. The topological polar surface area (TPSA) is 46.5 Å². The highest BCUT2D eigenvalue weighted by molar-refractivity contribution is 5.68. The van der Waals surface area contributed by atoms with E-state index in [9.17, 15) is 4.79 Å². The quantitative estimate of drug-likeness (QED) is 0.848. The zero-order chi connectivity index (χ0) is 11.5. The maximum Gasteiger partial charge on any atom is 0.303 e. The fourth-order valence-electron chi connectivity index (χ4n) is 2.42. The van der Waals surface area contributed by atoms with E-state index in [-0.39, 0.29) is 12.3 Å². The summed E-state index contributed by atoms with van der Waals surface area (Å²) >= 11 is 0. The van der Waals surface area contributed by atoms with E-state index in [0.717, 1.165) is 24.2 Å². The van der Waals surface area contributed by atoms with Crippen LogP contribution in [0.4, 0.5) is 0 Å². The standard InChI is InChI=1S/C13H16O3/c1-2-16-12-5-3-4-10-9(8-13(14)15)6-7-11(10)12/h3-5,9H,2,6-8H2,1H3,(H,14,15). The molecule has 0 radical (unpaired) electrons. The summed E-state index contributed by atoms with van der Waals surface area (Å²) in [4.78, 5) is 10.7. The van der Waals surface area contributed by atoms with Crippen molar-refractivity contribution in [1.82, 2.24) is 0 Å². The second-order valence-corrected chi connectivity index (χ2v) is 4.09. The number of hydrogen-bond donors (Lipinski definition) is 1. The summed E-state index contributed by atoms with van der Waals surface area (Å²) in [6.07, 6.45) is 2.08. The molecule has 1 aromatic carbocycles. The molecule has 0 saturated heterocycles. The van der Waals surface area contributed by atoms with Crippen LogP contribution in [0.25, 0.3) is 0 Å². The van der Waals surface area contributed by atoms with Crippen LogP contribution >= 0.6 is 0 Å². The predicted molar refractivity (Wildman–Crippen MR) is 60.9 cm³/mol. The molecular weight excluding hydrogens is 204 g/mol. The first-order chi connectivity index (χ1) is 7.72. The van der Waals surface area contributed by atoms with E-state index in [1.54, 1.807) is 0 Å². The van der Waals surface area contributed by atoms with Gasteiger partial charge in [0.25, 0.3) is 0 Å². The Balaban J connectivity index is 2.26. The maximum absolute atomic E-state index is 10.7. The first-order valence-electron chi connectivity index (χ1n) is 5.68. The first-order valence-corrected chi connectivity index (χ1v) is 5.68. The average Bonchev–Trinajstić information content (AvgIpc) is 2.63. The molecular formula is C13H16O3. The summed E-state index contributed by atoms with van der Waals surface area (Å²) in [7, 11) is 0. The van der Waals surface area contributed by atoms with Crippen LogP contribution in [-0.2, 0) is 11.2 Å². The zero-order valence-electron chi connectivity index (χ0n) is 9.40. The summed E-state index contributed by atoms with van der Waals surface area (Å²) in [5.41, 5.74) is 2.36. The van der Waals surface area contributed by atoms with Crippen molar-refractivity contribution in [1.29, 1.82) is 0 Å². The van der Waals surface area contributed by atoms with Crippen LogP contribution in [0.5, 0.6) is 5.75 Å². The monoisotopic (exact) mass is 220 g/mol. The number of ether oxygens (including phenoxy) is 1. The third-order valence-corrected chi connectivity index (χ3v) is 3.07. The van der Waals surface area contributed by atoms with Crippen LogP contribution in [0.1, 0.15) is 36.8 Å². The smallest absolute Gasteiger partial charge is 0.303 e. The van der Waals surface area contributed by atoms with Gasteiger partial charge < -0.3 is 9.84 Å². The molecule has 0 fully saturated rings. The van der Waals surface area contributed by atoms with Crippen molar-refractivity contribution in [2.75, 3.05) is 6.61 Å². The Morgan fingerprint density at radius 2 is 2.38 bits per heavy atom. The van der Waals surface area contributed by atoms with Gasteiger partial charge in [0, 0.05) is 0 Å². The Morgan fingerprint density at radius 1 is 1.56 bits per heavy atom. The molecule has 0 spiro atoms. The van der Waals surface area contributed by atoms with E-state index in [1.807, 2.05) is 25.1 Å². The summed E-state index contributed by atoms with van der Waals surface area (Å²) < 4.78 is 5.55. The Labute approximate surface area is 95.0 Å². The molecule has 0 amide bonds. The van der Waals surface area contributed by atoms with Crippen molar-refractivity contribution >= 4 is 5.97 Å². The Morgan fingerprint density at radius 3 is 3.06 bits per heavy atom. The lowest BCUT2D eigenvalue weighted by Gasteiger charge is -2.11. The highest BCUT2D eigenvalue weighted by Crippen LogP contribution is 2.39. The fraction of sp³-hybridized carbons (Fsp3) is 0.462. The summed E-state index contributed by atoms with van der Waals surface area (Å²) in [5.74, 6) is 0.362. The molecule has 0 heterocycles. The van der Waals surface area contributed by atoms with Crippen molar-refractivity contribution in [2.24, 2.45) is 0 Å². The van der Waals surface area contributed by atoms with Gasteiger partial charge in [-0.2, -0.15) is 0 Å². The lowest BCUT2D eigenvalue weighted by molar-refractivity contribution is -0.137. The van der Waals surface area contributed by atoms with Gasteiger partial charge in [-0.05, 0) is 42.9 Å². The van der Waals surface area contributed by atoms with E-state index < -0.39 is 5.97 Å². The van der Waals surface area contributed by atoms with Gasteiger partial charge in [0.05, 0.1) is 13.0 Å². The normalized spacial score (nSPS) is 18.2. The van der Waals surface area contributed by atoms with E-state index >= 15 is 0 Å². The molecule has 16 heavy (non-hydrogen) atoms. The number of carboxylic acid groups (broad SMARTS) is 1. The van der Waals surface area contributed by atoms with Crippen LogP contribution in [-0.4, -0.2) is 17.7 Å². The highest BCUT2D eigenvalue weighted by Gasteiger charge is 2.26. The predicted octanol–water partition coefficient (Wildman–Crippen LogP) is 2.59. The molecule has 1 aliphatic carbocycles. The van der Waals surface area contributed by atoms with E-state index in [1.165, 1.54) is 5.56 Å². The molecule has 86 valence electrons. The third kappa shape index (κ3) is 2.03. The number of hydrogen-bond acceptors (Lipinski definition) is 2. The van der Waals surface area contributed by atoms with Gasteiger partial charge >= 0.3 is 5.97 Å². The average molecular weight is 220 g/mol. The van der Waals surface area contributed by atoms with Gasteiger partial charge in [0.15, 0.2) is 0 Å². The molecule has 1 unspecified atom stereocenters. The van der Waals surface area contributed by atoms with Crippen molar-refractivity contribution in [3.8, 4) is 5.75 Å². The molecule has 3 nitrogen and oxygen atoms in total. The van der Waals surface area contributed by atoms with Crippen molar-refractivity contribution in [3.05, 3.63) is 29.3 Å². The SMILES string of the molecule is CCOc1cccc2c1CCC2CC(=O)O. The second kappa shape index (κ2) is 4.56. The molecule has 1 N–H and O–H groups in total. The molecule has 2 rings (SSSR count). The number of fused-ring (bicyclic) bond motifs is 1. The first kappa shape index (κ1) is 11.0. The van der Waals surface area contributed by atoms with Gasteiger partial charge in [-0.1, -0.05) is 12.1 Å². The van der Waals surface area contributed by atoms with Gasteiger partial charge in [-0.25, -0.2) is 0 Å². The fourth-order valence-corrected chi connectivity index (χ4v) is 2.42. The number of carbonyl (C=O) groups is 1. The summed E-state index contributed by atoms with van der Waals surface area (Å²) in [6.45, 7) is 2.61. The van der Waals surface area contributed by atoms with E-state index in [2.05, 4.69) is 0 Å². The van der Waals surface area contributed by atoms with Crippen molar-refractivity contribution < 1.29 is 14.6 Å². The number of benzene rings is 1. The lowest BCUT2D eigenvalue weighted by atomic mass is 9.98. The molecule has 0 aliphatic heterocycles. The van der Waals surface area contributed by atoms with Crippen LogP contribution in [0, 0.1) is 0 Å². The van der Waals surface area contributed by atoms with Crippen LogP contribution in [0.2, 0.25) is 0 Å². The third-order valence-electron chi connectivity index (χ3n) is 3.07. The Hall–Kier alpha value is -1.51. The maximum atomic E-state index is 10.7. The van der Waals surface area contributed by atoms with Crippen molar-refractivity contribution in [2.45, 2.75) is 32.1 Å². The number of aliphatic carboxylic acids is 1. The molecule has 0 saturated carbocycles. The van der Waals surface area contributed by atoms with Crippen LogP contribution in [0.3, 0.4) is 0 Å². The van der Waals surface area contributed by atoms with Crippen LogP contribution in [0.15, 0.2) is 18.2 Å². The molecule has 0 aromatic heterocycles. The molecule has 0 bridgehead atoms. The minimum atomic E-state index is -0.723. The lowest BCUT2D eigenvalue weighted by Crippen LogP contribution is -2.03. The summed E-state index contributed by atoms with van der Waals surface area (Å²) in [6, 6.07) is 5.94. The molecule has 1 atom stereocenters. The Kier molecular flexibility index (Phi) is 3.13. The summed E-state index contributed by atoms with van der Waals surface area (Å²) in [5, 5.41) is 8.84.